The van der Waals surface area contributed by atoms with Gasteiger partial charge in [-0.3, -0.25) is 14.4 Å². The van der Waals surface area contributed by atoms with Gasteiger partial charge >= 0.3 is 17.9 Å². The molecule has 6 heteroatoms. The Kier molecular flexibility index (Phi) is 58.3. The van der Waals surface area contributed by atoms with Crippen molar-refractivity contribution in [1.82, 2.24) is 0 Å². The second-order valence-electron chi connectivity index (χ2n) is 20.2. The summed E-state index contributed by atoms with van der Waals surface area (Å²) in [4.78, 5) is 38.2. The zero-order valence-corrected chi connectivity index (χ0v) is 48.3. The molecule has 0 amide bonds. The van der Waals surface area contributed by atoms with E-state index in [0.717, 1.165) is 122 Å². The predicted molar refractivity (Wildman–Crippen MR) is 320 cm³/mol. The number of unbranched alkanes of at least 4 members (excludes halogenated alkanes) is 26. The molecule has 0 aliphatic carbocycles. The van der Waals surface area contributed by atoms with Crippen LogP contribution in [-0.4, -0.2) is 37.2 Å². The van der Waals surface area contributed by atoms with Gasteiger partial charge in [0.05, 0.1) is 0 Å². The molecule has 422 valence electrons. The van der Waals surface area contributed by atoms with Gasteiger partial charge in [0.15, 0.2) is 6.10 Å². The maximum absolute atomic E-state index is 12.9. The highest BCUT2D eigenvalue weighted by Crippen LogP contribution is 2.15. The minimum absolute atomic E-state index is 0.0944. The lowest BCUT2D eigenvalue weighted by atomic mass is 10.1. The Bertz CT molecular complexity index is 1510. The van der Waals surface area contributed by atoms with Crippen molar-refractivity contribution in [3.05, 3.63) is 109 Å². The summed E-state index contributed by atoms with van der Waals surface area (Å²) in [6.07, 6.45) is 83.7. The second-order valence-corrected chi connectivity index (χ2v) is 20.2. The predicted octanol–water partition coefficient (Wildman–Crippen LogP) is 21.0. The van der Waals surface area contributed by atoms with Crippen LogP contribution in [0.1, 0.15) is 284 Å². The standard InChI is InChI=1S/C68H114O6/c1-4-7-10-13-16-19-22-25-27-29-31-32-33-34-35-36-38-39-41-43-46-49-52-55-58-61-67(70)73-64-65(63-72-66(69)60-57-54-51-48-45-24-21-18-15-12-9-6-3)74-68(71)62-59-56-53-50-47-44-42-40-37-30-28-26-23-20-17-14-11-8-5-2/h7,10,16,18-19,21,25-28,31-32,34-35,38-39,43,46,65H,4-6,8-9,11-15,17,20,22-24,29-30,33,36-37,40-42,44-45,47-64H2,1-3H3/b10-7-,19-16-,21-18-,27-25-,28-26-,32-31-,35-34-,39-38-,46-43-. The van der Waals surface area contributed by atoms with E-state index in [4.69, 9.17) is 14.2 Å². The summed E-state index contributed by atoms with van der Waals surface area (Å²) in [5.41, 5.74) is 0. The molecule has 0 heterocycles. The smallest absolute Gasteiger partial charge is 0.306 e. The Morgan fingerprint density at radius 3 is 0.878 bits per heavy atom. The molecular formula is C68H114O6. The average Bonchev–Trinajstić information content (AvgIpc) is 3.40. The number of rotatable bonds is 55. The van der Waals surface area contributed by atoms with E-state index in [2.05, 4.69) is 130 Å². The van der Waals surface area contributed by atoms with E-state index in [1.165, 1.54) is 122 Å². The highest BCUT2D eigenvalue weighted by molar-refractivity contribution is 5.71. The van der Waals surface area contributed by atoms with Crippen LogP contribution < -0.4 is 0 Å². The maximum atomic E-state index is 12.9. The zero-order chi connectivity index (χ0) is 53.6. The molecule has 0 spiro atoms. The number of allylic oxidation sites excluding steroid dienone is 18. The second kappa shape index (κ2) is 61.6. The average molecular weight is 1030 g/mol. The molecule has 0 aromatic rings. The number of hydrogen-bond acceptors (Lipinski definition) is 6. The third-order valence-electron chi connectivity index (χ3n) is 13.0. The summed E-state index contributed by atoms with van der Waals surface area (Å²) in [7, 11) is 0. The van der Waals surface area contributed by atoms with Gasteiger partial charge in [-0.15, -0.1) is 0 Å². The molecule has 0 radical (unpaired) electrons. The van der Waals surface area contributed by atoms with E-state index >= 15 is 0 Å². The molecule has 1 unspecified atom stereocenters. The minimum atomic E-state index is -0.799. The van der Waals surface area contributed by atoms with Crippen LogP contribution in [-0.2, 0) is 28.6 Å². The summed E-state index contributed by atoms with van der Waals surface area (Å²) < 4.78 is 16.9. The first-order valence-corrected chi connectivity index (χ1v) is 30.9. The van der Waals surface area contributed by atoms with E-state index in [-0.39, 0.29) is 31.1 Å². The maximum Gasteiger partial charge on any atom is 0.306 e. The zero-order valence-electron chi connectivity index (χ0n) is 48.3. The molecule has 0 saturated carbocycles. The number of esters is 3. The fourth-order valence-corrected chi connectivity index (χ4v) is 8.35. The Balaban J connectivity index is 4.41. The van der Waals surface area contributed by atoms with Crippen molar-refractivity contribution in [2.24, 2.45) is 0 Å². The third-order valence-corrected chi connectivity index (χ3v) is 13.0. The van der Waals surface area contributed by atoms with Crippen molar-refractivity contribution in [1.29, 1.82) is 0 Å². The van der Waals surface area contributed by atoms with Gasteiger partial charge in [-0.2, -0.15) is 0 Å². The van der Waals surface area contributed by atoms with Crippen LogP contribution in [0.2, 0.25) is 0 Å². The van der Waals surface area contributed by atoms with Crippen LogP contribution in [0.15, 0.2) is 109 Å². The van der Waals surface area contributed by atoms with Gasteiger partial charge in [-0.1, -0.05) is 246 Å². The fourth-order valence-electron chi connectivity index (χ4n) is 8.35. The molecule has 0 aromatic heterocycles. The first-order valence-electron chi connectivity index (χ1n) is 30.9. The van der Waals surface area contributed by atoms with Gasteiger partial charge in [-0.25, -0.2) is 0 Å². The number of hydrogen-bond donors (Lipinski definition) is 0. The van der Waals surface area contributed by atoms with E-state index < -0.39 is 6.10 Å². The summed E-state index contributed by atoms with van der Waals surface area (Å²) in [6.45, 7) is 6.47. The Morgan fingerprint density at radius 1 is 0.284 bits per heavy atom. The van der Waals surface area contributed by atoms with Crippen molar-refractivity contribution < 1.29 is 28.6 Å². The topological polar surface area (TPSA) is 78.9 Å². The molecule has 0 saturated heterocycles. The monoisotopic (exact) mass is 1030 g/mol. The van der Waals surface area contributed by atoms with Crippen molar-refractivity contribution in [3.8, 4) is 0 Å². The van der Waals surface area contributed by atoms with Crippen LogP contribution in [0.25, 0.3) is 0 Å². The lowest BCUT2D eigenvalue weighted by Crippen LogP contribution is -2.30. The SMILES string of the molecule is CC/C=C\C/C=C\C/C=C\C/C=C\C/C=C\C/C=C\C/C=C\CCCCCC(=O)OCC(COC(=O)CCCCCCC/C=C\CCCCC)OC(=O)CCCCCCCCCCC/C=C\CCCCCCCC. The third kappa shape index (κ3) is 59.0. The first-order chi connectivity index (χ1) is 36.5. The van der Waals surface area contributed by atoms with E-state index in [9.17, 15) is 14.4 Å². The van der Waals surface area contributed by atoms with Crippen molar-refractivity contribution in [3.63, 3.8) is 0 Å². The summed E-state index contributed by atoms with van der Waals surface area (Å²) in [5.74, 6) is -0.935. The molecule has 0 aromatic carbocycles. The van der Waals surface area contributed by atoms with E-state index in [0.29, 0.717) is 19.3 Å². The van der Waals surface area contributed by atoms with Crippen LogP contribution in [0, 0.1) is 0 Å². The first kappa shape index (κ1) is 70.1. The van der Waals surface area contributed by atoms with Crippen LogP contribution in [0.5, 0.6) is 0 Å². The van der Waals surface area contributed by atoms with Gasteiger partial charge in [0, 0.05) is 19.3 Å². The number of carbonyl (C=O) groups excluding carboxylic acids is 3. The Morgan fingerprint density at radius 2 is 0.527 bits per heavy atom. The van der Waals surface area contributed by atoms with Gasteiger partial charge in [0.1, 0.15) is 13.2 Å². The van der Waals surface area contributed by atoms with Crippen molar-refractivity contribution in [2.45, 2.75) is 290 Å². The lowest BCUT2D eigenvalue weighted by Gasteiger charge is -2.18. The van der Waals surface area contributed by atoms with Gasteiger partial charge < -0.3 is 14.2 Å². The number of carbonyl (C=O) groups is 3. The van der Waals surface area contributed by atoms with Gasteiger partial charge in [0.2, 0.25) is 0 Å². The molecule has 74 heavy (non-hydrogen) atoms. The lowest BCUT2D eigenvalue weighted by molar-refractivity contribution is -0.167. The molecule has 0 rings (SSSR count). The highest BCUT2D eigenvalue weighted by Gasteiger charge is 2.19. The van der Waals surface area contributed by atoms with Crippen LogP contribution in [0.4, 0.5) is 0 Å². The highest BCUT2D eigenvalue weighted by atomic mass is 16.6. The minimum Gasteiger partial charge on any atom is -0.462 e. The summed E-state index contributed by atoms with van der Waals surface area (Å²) >= 11 is 0. The normalized spacial score (nSPS) is 12.9. The Hall–Kier alpha value is -3.93. The summed E-state index contributed by atoms with van der Waals surface area (Å²) in [5, 5.41) is 0. The molecule has 0 fully saturated rings. The molecule has 0 aliphatic heterocycles. The summed E-state index contributed by atoms with van der Waals surface area (Å²) in [6, 6.07) is 0. The molecule has 0 aliphatic rings. The molecule has 0 N–H and O–H groups in total. The molecule has 1 atom stereocenters. The largest absolute Gasteiger partial charge is 0.462 e. The van der Waals surface area contributed by atoms with E-state index in [1.54, 1.807) is 0 Å². The number of ether oxygens (including phenoxy) is 3. The molecule has 0 bridgehead atoms. The van der Waals surface area contributed by atoms with Crippen molar-refractivity contribution in [2.75, 3.05) is 13.2 Å². The quantitative estimate of drug-likeness (QED) is 0.0261. The van der Waals surface area contributed by atoms with E-state index in [1.807, 2.05) is 0 Å². The molecular weight excluding hydrogens is 913 g/mol. The van der Waals surface area contributed by atoms with Crippen LogP contribution >= 0.6 is 0 Å². The fraction of sp³-hybridized carbons (Fsp3) is 0.691. The van der Waals surface area contributed by atoms with Crippen molar-refractivity contribution >= 4 is 17.9 Å². The van der Waals surface area contributed by atoms with Crippen LogP contribution in [0.3, 0.4) is 0 Å². The van der Waals surface area contributed by atoms with Gasteiger partial charge in [-0.05, 0) is 128 Å². The Labute approximate surface area is 457 Å². The van der Waals surface area contributed by atoms with Gasteiger partial charge in [0.25, 0.3) is 0 Å². The molecule has 6 nitrogen and oxygen atoms in total.